The van der Waals surface area contributed by atoms with Crippen molar-refractivity contribution in [2.45, 2.75) is 62.9 Å². The molecule has 0 amide bonds. The Kier molecular flexibility index (Phi) is 4.18. The minimum atomic E-state index is -3.18. The Labute approximate surface area is 149 Å². The first kappa shape index (κ1) is 17.7. The second-order valence-electron chi connectivity index (χ2n) is 8.07. The van der Waals surface area contributed by atoms with Crippen LogP contribution in [-0.4, -0.2) is 37.2 Å². The summed E-state index contributed by atoms with van der Waals surface area (Å²) in [5.41, 5.74) is 0.0522. The number of rotatable bonds is 4. The Hall–Kier alpha value is 0.895. The maximum absolute atomic E-state index is 11.4. The van der Waals surface area contributed by atoms with E-state index in [-0.39, 0.29) is 17.5 Å². The van der Waals surface area contributed by atoms with Crippen molar-refractivity contribution in [3.05, 3.63) is 0 Å². The predicted octanol–water partition coefficient (Wildman–Crippen LogP) is 3.52. The van der Waals surface area contributed by atoms with Gasteiger partial charge in [0.05, 0.1) is 36.5 Å². The van der Waals surface area contributed by atoms with E-state index in [2.05, 4.69) is 51.5 Å². The number of hydrogen-bond acceptors (Lipinski definition) is 4. The molecular weight excluding hydrogens is 435 g/mol. The molecule has 5 atom stereocenters. The maximum Gasteiger partial charge on any atom is 0.475 e. The fourth-order valence-electron chi connectivity index (χ4n) is 4.57. The van der Waals surface area contributed by atoms with E-state index >= 15 is 0 Å². The van der Waals surface area contributed by atoms with Crippen molar-refractivity contribution in [1.29, 1.82) is 0 Å². The van der Waals surface area contributed by atoms with Crippen molar-refractivity contribution in [1.82, 2.24) is 0 Å². The summed E-state index contributed by atoms with van der Waals surface area (Å²) in [6.45, 7) is 8.78. The van der Waals surface area contributed by atoms with Gasteiger partial charge in [0.25, 0.3) is 0 Å². The quantitative estimate of drug-likeness (QED) is 0.368. The minimum Gasteiger partial charge on any atom is -0.404 e. The van der Waals surface area contributed by atoms with Crippen molar-refractivity contribution < 1.29 is 17.7 Å². The average Bonchev–Trinajstić information content (AvgIpc) is 2.73. The van der Waals surface area contributed by atoms with Crippen LogP contribution >= 0.6 is 30.7 Å². The van der Waals surface area contributed by atoms with E-state index < -0.39 is 19.6 Å². The fourth-order valence-corrected chi connectivity index (χ4v) is 6.38. The molecule has 1 heterocycles. The third kappa shape index (κ3) is 2.74. The van der Waals surface area contributed by atoms with Gasteiger partial charge in [-0.15, -0.1) is 0 Å². The van der Waals surface area contributed by atoms with Crippen LogP contribution in [0.1, 0.15) is 47.0 Å². The molecule has 4 fully saturated rings. The van der Waals surface area contributed by atoms with Gasteiger partial charge in [0.1, 0.15) is 0 Å². The number of alkyl halides is 1. The van der Waals surface area contributed by atoms with Gasteiger partial charge in [-0.05, 0) is 43.4 Å². The van der Waals surface area contributed by atoms with Gasteiger partial charge in [0, 0.05) is 0 Å². The van der Waals surface area contributed by atoms with Gasteiger partial charge in [-0.25, -0.2) is 8.42 Å². The first-order chi connectivity index (χ1) is 9.86. The van der Waals surface area contributed by atoms with Crippen molar-refractivity contribution in [3.8, 4) is 0 Å². The first-order valence-electron chi connectivity index (χ1n) is 7.81. The normalized spacial score (nSPS) is 42.5. The van der Waals surface area contributed by atoms with Crippen LogP contribution in [0.25, 0.3) is 0 Å². The number of halogens is 2. The lowest BCUT2D eigenvalue weighted by molar-refractivity contribution is -0.199. The van der Waals surface area contributed by atoms with Crippen molar-refractivity contribution >= 4 is 46.1 Å². The Morgan fingerprint density at radius 3 is 2.50 bits per heavy atom. The topological polar surface area (TPSA) is 52.6 Å². The Balaban J connectivity index is 1.74. The molecular formula is C14H23BBr2O4S. The highest BCUT2D eigenvalue weighted by atomic mass is 79.9. The molecule has 2 unspecified atom stereocenters. The number of hydrogen-bond donors (Lipinski definition) is 0. The molecule has 1 aliphatic heterocycles. The van der Waals surface area contributed by atoms with Gasteiger partial charge in [-0.3, -0.25) is 0 Å². The van der Waals surface area contributed by atoms with Gasteiger partial charge >= 0.3 is 7.12 Å². The maximum atomic E-state index is 11.4. The van der Waals surface area contributed by atoms with Crippen molar-refractivity contribution in [2.75, 3.05) is 5.75 Å². The molecule has 8 heteroatoms. The van der Waals surface area contributed by atoms with E-state index in [0.29, 0.717) is 23.7 Å². The summed E-state index contributed by atoms with van der Waals surface area (Å²) in [6.07, 6.45) is 2.80. The standard InChI is InChI=1S/C14H23BBr2O4S/c1-12(2)9-7-10(12)14(4)11(8-9)20-15(21-14)13(3,16)5-6-22(17,18)19/h9-11H,5-8H2,1-4H3/t9-,10-,11?,13?,14-/m0/s1. The fraction of sp³-hybridized carbons (Fsp3) is 1.00. The van der Waals surface area contributed by atoms with E-state index in [0.717, 1.165) is 6.42 Å². The van der Waals surface area contributed by atoms with E-state index in [4.69, 9.17) is 9.31 Å². The lowest BCUT2D eigenvalue weighted by Gasteiger charge is -2.64. The average molecular weight is 458 g/mol. The highest BCUT2D eigenvalue weighted by molar-refractivity contribution is 9.47. The van der Waals surface area contributed by atoms with Crippen LogP contribution < -0.4 is 0 Å². The SMILES string of the molecule is CC(Br)(CCS(=O)(=O)Br)B1OC2C[C@@H]3C[C@@H](C3(C)C)[C@]2(C)O1. The molecule has 0 N–H and O–H groups in total. The Morgan fingerprint density at radius 2 is 1.95 bits per heavy atom. The molecule has 0 aromatic carbocycles. The highest BCUT2D eigenvalue weighted by Gasteiger charge is 2.69. The second-order valence-corrected chi connectivity index (χ2v) is 14.3. The van der Waals surface area contributed by atoms with Gasteiger partial charge in [0.2, 0.25) is 8.27 Å². The molecule has 0 aromatic rings. The molecule has 126 valence electrons. The zero-order valence-electron chi connectivity index (χ0n) is 13.4. The van der Waals surface area contributed by atoms with Crippen LogP contribution in [-0.2, 0) is 17.6 Å². The largest absolute Gasteiger partial charge is 0.475 e. The van der Waals surface area contributed by atoms with Crippen LogP contribution in [0.4, 0.5) is 0 Å². The van der Waals surface area contributed by atoms with Gasteiger partial charge in [-0.2, -0.15) is 0 Å². The molecule has 1 saturated heterocycles. The second kappa shape index (κ2) is 5.20. The molecule has 0 aromatic heterocycles. The summed E-state index contributed by atoms with van der Waals surface area (Å²) >= 11 is 6.36. The summed E-state index contributed by atoms with van der Waals surface area (Å²) in [7, 11) is -3.59. The Morgan fingerprint density at radius 1 is 1.32 bits per heavy atom. The summed E-state index contributed by atoms with van der Waals surface area (Å²) < 4.78 is 34.8. The van der Waals surface area contributed by atoms with Crippen LogP contribution in [0.3, 0.4) is 0 Å². The highest BCUT2D eigenvalue weighted by Crippen LogP contribution is 2.66. The lowest BCUT2D eigenvalue weighted by Crippen LogP contribution is -2.65. The third-order valence-corrected chi connectivity index (χ3v) is 8.71. The van der Waals surface area contributed by atoms with E-state index in [9.17, 15) is 8.42 Å². The molecule has 2 bridgehead atoms. The van der Waals surface area contributed by atoms with Crippen molar-refractivity contribution in [3.63, 3.8) is 0 Å². The Bertz CT molecular complexity index is 579. The molecule has 4 rings (SSSR count). The van der Waals surface area contributed by atoms with Crippen LogP contribution in [0.15, 0.2) is 0 Å². The van der Waals surface area contributed by atoms with Crippen LogP contribution in [0.2, 0.25) is 0 Å². The first-order valence-corrected chi connectivity index (χ1v) is 12.1. The molecule has 3 aliphatic carbocycles. The van der Waals surface area contributed by atoms with Gasteiger partial charge in [0.15, 0.2) is 0 Å². The molecule has 4 nitrogen and oxygen atoms in total. The zero-order chi connectivity index (χ0) is 16.6. The smallest absolute Gasteiger partial charge is 0.404 e. The summed E-state index contributed by atoms with van der Waals surface area (Å²) in [5.74, 6) is 1.27. The summed E-state index contributed by atoms with van der Waals surface area (Å²) in [6, 6.07) is 0. The van der Waals surface area contributed by atoms with Gasteiger partial charge in [-0.1, -0.05) is 36.7 Å². The summed E-state index contributed by atoms with van der Waals surface area (Å²) in [4.78, 5) is 0. The van der Waals surface area contributed by atoms with Gasteiger partial charge < -0.3 is 9.31 Å². The van der Waals surface area contributed by atoms with Crippen LogP contribution in [0, 0.1) is 17.3 Å². The zero-order valence-corrected chi connectivity index (χ0v) is 17.4. The molecule has 4 aliphatic rings. The molecule has 0 spiro atoms. The van der Waals surface area contributed by atoms with Crippen molar-refractivity contribution in [2.24, 2.45) is 17.3 Å². The molecule has 0 radical (unpaired) electrons. The summed E-state index contributed by atoms with van der Waals surface area (Å²) in [5, 5.41) is 0. The van der Waals surface area contributed by atoms with E-state index in [1.807, 2.05) is 6.92 Å². The monoisotopic (exact) mass is 456 g/mol. The predicted molar refractivity (Wildman–Crippen MR) is 94.8 cm³/mol. The third-order valence-electron chi connectivity index (χ3n) is 6.28. The van der Waals surface area contributed by atoms with E-state index in [1.165, 1.54) is 6.42 Å². The molecule has 3 saturated carbocycles. The minimum absolute atomic E-state index is 0.0525. The lowest BCUT2D eigenvalue weighted by atomic mass is 9.43. The van der Waals surface area contributed by atoms with E-state index in [1.54, 1.807) is 0 Å². The molecule has 22 heavy (non-hydrogen) atoms. The van der Waals surface area contributed by atoms with Crippen LogP contribution in [0.5, 0.6) is 0 Å².